The number of benzene rings is 2. The second-order valence-corrected chi connectivity index (χ2v) is 7.35. The monoisotopic (exact) mass is 381 g/mol. The molecule has 0 radical (unpaired) electrons. The fourth-order valence-corrected chi connectivity index (χ4v) is 3.95. The Labute approximate surface area is 164 Å². The van der Waals surface area contributed by atoms with Gasteiger partial charge in [0, 0.05) is 44.0 Å². The molecule has 0 bridgehead atoms. The highest BCUT2D eigenvalue weighted by atomic mass is 19.1. The maximum absolute atomic E-state index is 13.0. The second-order valence-electron chi connectivity index (χ2n) is 7.35. The fourth-order valence-electron chi connectivity index (χ4n) is 3.95. The Hall–Kier alpha value is -2.73. The lowest BCUT2D eigenvalue weighted by Gasteiger charge is -2.36. The number of halogens is 1. The molecule has 146 valence electrons. The van der Waals surface area contributed by atoms with Gasteiger partial charge >= 0.3 is 0 Å². The number of carbonyl (C=O) groups is 2. The van der Waals surface area contributed by atoms with E-state index in [1.807, 2.05) is 23.1 Å². The lowest BCUT2D eigenvalue weighted by atomic mass is 10.0. The highest BCUT2D eigenvalue weighted by molar-refractivity contribution is 5.96. The summed E-state index contributed by atoms with van der Waals surface area (Å²) >= 11 is 0. The van der Waals surface area contributed by atoms with E-state index in [0.29, 0.717) is 38.3 Å². The summed E-state index contributed by atoms with van der Waals surface area (Å²) in [6.45, 7) is 3.59. The summed E-state index contributed by atoms with van der Waals surface area (Å²) in [7, 11) is 0. The van der Waals surface area contributed by atoms with Crippen molar-refractivity contribution < 1.29 is 14.0 Å². The standard InChI is InChI=1S/C22H24FN3O2/c23-19-9-7-18(8-10-19)22(28)25-14-12-24(13-15-25)16-21(27)26-11-3-5-17-4-1-2-6-20(17)26/h1-2,4,6-10H,3,5,11-16H2. The molecule has 1 fully saturated rings. The van der Waals surface area contributed by atoms with Crippen molar-refractivity contribution in [3.05, 3.63) is 65.5 Å². The maximum atomic E-state index is 13.0. The highest BCUT2D eigenvalue weighted by Gasteiger charge is 2.27. The number of amides is 2. The number of rotatable bonds is 3. The zero-order chi connectivity index (χ0) is 19.5. The first kappa shape index (κ1) is 18.6. The average molecular weight is 381 g/mol. The van der Waals surface area contributed by atoms with Gasteiger partial charge in [0.1, 0.15) is 5.82 Å². The van der Waals surface area contributed by atoms with Gasteiger partial charge in [-0.1, -0.05) is 18.2 Å². The summed E-state index contributed by atoms with van der Waals surface area (Å²) in [5, 5.41) is 0. The predicted molar refractivity (Wildman–Crippen MR) is 106 cm³/mol. The van der Waals surface area contributed by atoms with E-state index in [9.17, 15) is 14.0 Å². The SMILES string of the molecule is O=C(c1ccc(F)cc1)N1CCN(CC(=O)N2CCCc3ccccc32)CC1. The van der Waals surface area contributed by atoms with E-state index in [4.69, 9.17) is 0 Å². The molecule has 0 unspecified atom stereocenters. The molecule has 2 aromatic carbocycles. The number of anilines is 1. The Morgan fingerprint density at radius 2 is 1.61 bits per heavy atom. The van der Waals surface area contributed by atoms with Gasteiger partial charge in [-0.05, 0) is 48.7 Å². The van der Waals surface area contributed by atoms with E-state index in [-0.39, 0.29) is 17.6 Å². The minimum Gasteiger partial charge on any atom is -0.336 e. The van der Waals surface area contributed by atoms with Gasteiger partial charge in [-0.15, -0.1) is 0 Å². The summed E-state index contributed by atoms with van der Waals surface area (Å²) in [6.07, 6.45) is 2.01. The van der Waals surface area contributed by atoms with Crippen LogP contribution in [0.4, 0.5) is 10.1 Å². The van der Waals surface area contributed by atoms with Crippen LogP contribution in [0.15, 0.2) is 48.5 Å². The van der Waals surface area contributed by atoms with Crippen molar-refractivity contribution in [3.63, 3.8) is 0 Å². The molecule has 0 spiro atoms. The van der Waals surface area contributed by atoms with E-state index in [2.05, 4.69) is 11.0 Å². The fraction of sp³-hybridized carbons (Fsp3) is 0.364. The van der Waals surface area contributed by atoms with Crippen LogP contribution in [0.3, 0.4) is 0 Å². The van der Waals surface area contributed by atoms with Gasteiger partial charge in [0.15, 0.2) is 0 Å². The van der Waals surface area contributed by atoms with Crippen LogP contribution in [-0.4, -0.2) is 60.9 Å². The summed E-state index contributed by atoms with van der Waals surface area (Å²) in [5.74, 6) is -0.319. The molecule has 5 nitrogen and oxygen atoms in total. The maximum Gasteiger partial charge on any atom is 0.253 e. The largest absolute Gasteiger partial charge is 0.336 e. The molecule has 0 atom stereocenters. The van der Waals surface area contributed by atoms with Gasteiger partial charge in [-0.3, -0.25) is 14.5 Å². The van der Waals surface area contributed by atoms with E-state index >= 15 is 0 Å². The number of para-hydroxylation sites is 1. The molecule has 1 saturated heterocycles. The van der Waals surface area contributed by atoms with Gasteiger partial charge < -0.3 is 9.80 Å². The molecule has 28 heavy (non-hydrogen) atoms. The van der Waals surface area contributed by atoms with Crippen LogP contribution in [0, 0.1) is 5.82 Å². The van der Waals surface area contributed by atoms with Crippen molar-refractivity contribution >= 4 is 17.5 Å². The lowest BCUT2D eigenvalue weighted by molar-refractivity contribution is -0.120. The average Bonchev–Trinajstić information content (AvgIpc) is 2.74. The number of fused-ring (bicyclic) bond motifs is 1. The van der Waals surface area contributed by atoms with Crippen molar-refractivity contribution in [1.82, 2.24) is 9.80 Å². The zero-order valence-electron chi connectivity index (χ0n) is 15.8. The molecule has 2 amide bonds. The van der Waals surface area contributed by atoms with Gasteiger partial charge in [0.25, 0.3) is 5.91 Å². The van der Waals surface area contributed by atoms with Gasteiger partial charge in [-0.2, -0.15) is 0 Å². The lowest BCUT2D eigenvalue weighted by Crippen LogP contribution is -2.52. The quantitative estimate of drug-likeness (QED) is 0.821. The Bertz CT molecular complexity index is 860. The number of piperazine rings is 1. The van der Waals surface area contributed by atoms with Gasteiger partial charge in [-0.25, -0.2) is 4.39 Å². The number of aryl methyl sites for hydroxylation is 1. The molecule has 0 aliphatic carbocycles. The molecule has 2 aliphatic rings. The van der Waals surface area contributed by atoms with E-state index in [1.54, 1.807) is 4.90 Å². The summed E-state index contributed by atoms with van der Waals surface area (Å²) in [6, 6.07) is 13.7. The zero-order valence-corrected chi connectivity index (χ0v) is 15.8. The molecule has 0 N–H and O–H groups in total. The van der Waals surface area contributed by atoms with Crippen molar-refractivity contribution in [3.8, 4) is 0 Å². The molecule has 6 heteroatoms. The Morgan fingerprint density at radius 1 is 0.893 bits per heavy atom. The molecular formula is C22H24FN3O2. The van der Waals surface area contributed by atoms with Crippen LogP contribution in [-0.2, 0) is 11.2 Å². The summed E-state index contributed by atoms with van der Waals surface area (Å²) < 4.78 is 13.0. The number of hydrogen-bond donors (Lipinski definition) is 0. The number of hydrogen-bond acceptors (Lipinski definition) is 3. The van der Waals surface area contributed by atoms with Crippen molar-refractivity contribution in [2.75, 3.05) is 44.2 Å². The molecular weight excluding hydrogens is 357 g/mol. The third-order valence-corrected chi connectivity index (χ3v) is 5.52. The third kappa shape index (κ3) is 3.92. The summed E-state index contributed by atoms with van der Waals surface area (Å²) in [4.78, 5) is 31.2. The molecule has 2 aromatic rings. The van der Waals surface area contributed by atoms with Crippen LogP contribution >= 0.6 is 0 Å². The van der Waals surface area contributed by atoms with Crippen molar-refractivity contribution in [1.29, 1.82) is 0 Å². The normalized spacial score (nSPS) is 17.3. The predicted octanol–water partition coefficient (Wildman–Crippen LogP) is 2.56. The minimum absolute atomic E-state index is 0.0871. The molecule has 2 heterocycles. The summed E-state index contributed by atoms with van der Waals surface area (Å²) in [5.41, 5.74) is 2.76. The molecule has 2 aliphatic heterocycles. The topological polar surface area (TPSA) is 43.9 Å². The van der Waals surface area contributed by atoms with E-state index in [0.717, 1.165) is 25.1 Å². The first-order valence-electron chi connectivity index (χ1n) is 9.77. The van der Waals surface area contributed by atoms with Crippen molar-refractivity contribution in [2.24, 2.45) is 0 Å². The number of carbonyl (C=O) groups excluding carboxylic acids is 2. The van der Waals surface area contributed by atoms with E-state index in [1.165, 1.54) is 29.8 Å². The Kier molecular flexibility index (Phi) is 5.39. The van der Waals surface area contributed by atoms with Crippen LogP contribution in [0.2, 0.25) is 0 Å². The smallest absolute Gasteiger partial charge is 0.253 e. The van der Waals surface area contributed by atoms with Crippen molar-refractivity contribution in [2.45, 2.75) is 12.8 Å². The van der Waals surface area contributed by atoms with Gasteiger partial charge in [0.2, 0.25) is 5.91 Å². The first-order valence-corrected chi connectivity index (χ1v) is 9.77. The Balaban J connectivity index is 1.33. The third-order valence-electron chi connectivity index (χ3n) is 5.52. The van der Waals surface area contributed by atoms with Crippen LogP contribution in [0.25, 0.3) is 0 Å². The molecule has 4 rings (SSSR count). The Morgan fingerprint density at radius 3 is 2.36 bits per heavy atom. The van der Waals surface area contributed by atoms with Crippen LogP contribution in [0.5, 0.6) is 0 Å². The highest BCUT2D eigenvalue weighted by Crippen LogP contribution is 2.26. The molecule has 0 aromatic heterocycles. The minimum atomic E-state index is -0.348. The van der Waals surface area contributed by atoms with Gasteiger partial charge in [0.05, 0.1) is 6.54 Å². The number of nitrogens with zero attached hydrogens (tertiary/aromatic N) is 3. The van der Waals surface area contributed by atoms with Crippen LogP contribution in [0.1, 0.15) is 22.3 Å². The van der Waals surface area contributed by atoms with E-state index < -0.39 is 0 Å². The first-order chi connectivity index (χ1) is 13.6. The second kappa shape index (κ2) is 8.10. The van der Waals surface area contributed by atoms with Crippen LogP contribution < -0.4 is 4.90 Å². The molecule has 0 saturated carbocycles.